The second kappa shape index (κ2) is 33.5. The molecule has 0 aliphatic carbocycles. The Labute approximate surface area is 634 Å². The first-order valence-corrected chi connectivity index (χ1v) is 37.6. The molecule has 110 heavy (non-hydrogen) atoms. The summed E-state index contributed by atoms with van der Waals surface area (Å²) >= 11 is 0. The Balaban J connectivity index is 0.831. The van der Waals surface area contributed by atoms with Gasteiger partial charge in [0.15, 0.2) is 24.8 Å². The summed E-state index contributed by atoms with van der Waals surface area (Å²) < 4.78 is 108. The van der Waals surface area contributed by atoms with Gasteiger partial charge in [0.05, 0.1) is 11.0 Å². The number of benzene rings is 10. The quantitative estimate of drug-likeness (QED) is 0.0104. The Morgan fingerprint density at radius 1 is 0.445 bits per heavy atom. The molecule has 12 nitrogen and oxygen atoms in total. The molecule has 0 bridgehead atoms. The van der Waals surface area contributed by atoms with Crippen molar-refractivity contribution in [1.82, 2.24) is 9.13 Å². The summed E-state index contributed by atoms with van der Waals surface area (Å²) in [6.45, 7) is 17.3. The minimum absolute atomic E-state index is 0.00347. The van der Waals surface area contributed by atoms with E-state index in [9.17, 15) is 40.3 Å². The number of carbonyl (C=O) groups excluding carboxylic acids is 4. The molecule has 0 fully saturated rings. The van der Waals surface area contributed by atoms with Gasteiger partial charge >= 0.3 is 30.5 Å². The van der Waals surface area contributed by atoms with E-state index in [0.717, 1.165) is 163 Å². The number of aromatic nitrogens is 2. The molecule has 0 amide bonds. The monoisotopic (exact) mass is 1500 g/mol. The maximum Gasteiger partial charge on any atom is 0.422 e. The zero-order chi connectivity index (χ0) is 78.5. The van der Waals surface area contributed by atoms with Crippen molar-refractivity contribution < 1.29 is 69.1 Å². The van der Waals surface area contributed by atoms with Crippen molar-refractivity contribution >= 4 is 100 Å². The van der Waals surface area contributed by atoms with Gasteiger partial charge in [-0.2, -0.15) is 22.0 Å². The summed E-state index contributed by atoms with van der Waals surface area (Å²) in [5.74, 6) is -5.44. The van der Waals surface area contributed by atoms with Crippen LogP contribution in [0, 0.1) is 46.5 Å². The number of ether oxygens (including phenoxy) is 2. The van der Waals surface area contributed by atoms with Crippen LogP contribution in [-0.2, 0) is 38.8 Å². The smallest absolute Gasteiger partial charge is 0.422 e. The van der Waals surface area contributed by atoms with E-state index in [2.05, 4.69) is 64.5 Å². The van der Waals surface area contributed by atoms with Crippen LogP contribution < -0.4 is 9.47 Å². The van der Waals surface area contributed by atoms with Gasteiger partial charge in [0.1, 0.15) is 22.9 Å². The molecular formula is C91H89F7N4O8. The summed E-state index contributed by atoms with van der Waals surface area (Å²) in [5, 5.41) is 15.3. The molecule has 0 radical (unpaired) electrons. The van der Waals surface area contributed by atoms with E-state index in [0.29, 0.717) is 63.5 Å². The molecule has 2 atom stereocenters. The maximum atomic E-state index is 15.6. The Bertz CT molecular complexity index is 5510. The number of oxime groups is 2. The molecule has 570 valence electrons. The van der Waals surface area contributed by atoms with Crippen molar-refractivity contribution in [3.63, 3.8) is 0 Å². The van der Waals surface area contributed by atoms with Gasteiger partial charge in [-0.25, -0.2) is 18.4 Å². The lowest BCUT2D eigenvalue weighted by Crippen LogP contribution is -2.33. The van der Waals surface area contributed by atoms with Gasteiger partial charge in [0.25, 0.3) is 0 Å². The average molecular weight is 1500 g/mol. The zero-order valence-electron chi connectivity index (χ0n) is 63.5. The van der Waals surface area contributed by atoms with Crippen molar-refractivity contribution in [2.24, 2.45) is 22.1 Å². The van der Waals surface area contributed by atoms with E-state index in [4.69, 9.17) is 19.1 Å². The van der Waals surface area contributed by atoms with Crippen LogP contribution in [0.5, 0.6) is 11.5 Å². The van der Waals surface area contributed by atoms with Crippen LogP contribution in [0.25, 0.3) is 65.2 Å². The van der Waals surface area contributed by atoms with E-state index < -0.39 is 43.7 Å². The van der Waals surface area contributed by atoms with Crippen molar-refractivity contribution in [2.45, 2.75) is 165 Å². The Kier molecular flexibility index (Phi) is 23.9. The molecule has 19 heteroatoms. The van der Waals surface area contributed by atoms with Crippen LogP contribution in [0.3, 0.4) is 0 Å². The summed E-state index contributed by atoms with van der Waals surface area (Å²) in [7, 11) is 0. The first-order chi connectivity index (χ1) is 52.6. The highest BCUT2D eigenvalue weighted by molar-refractivity contribution is 6.29. The Morgan fingerprint density at radius 3 is 1.26 bits per heavy atom. The lowest BCUT2D eigenvalue weighted by atomic mass is 9.88. The largest absolute Gasteiger partial charge is 0.487 e. The predicted octanol–water partition coefficient (Wildman–Crippen LogP) is 23.1. The predicted molar refractivity (Wildman–Crippen MR) is 422 cm³/mol. The summed E-state index contributed by atoms with van der Waals surface area (Å²) in [6.07, 6.45) is 1.04. The number of rotatable bonds is 31. The third-order valence-electron chi connectivity index (χ3n) is 21.0. The normalized spacial score (nSPS) is 13.0. The molecule has 2 aromatic heterocycles. The van der Waals surface area contributed by atoms with Crippen molar-refractivity contribution in [3.05, 3.63) is 248 Å². The second-order valence-corrected chi connectivity index (χ2v) is 29.1. The highest BCUT2D eigenvalue weighted by Gasteiger charge is 2.42. The minimum Gasteiger partial charge on any atom is -0.487 e. The first kappa shape index (κ1) is 78.6. The van der Waals surface area contributed by atoms with Gasteiger partial charge < -0.3 is 28.3 Å². The fraction of sp³-hybridized carbons (Fsp3) is 0.319. The lowest BCUT2D eigenvalue weighted by molar-refractivity contribution is -0.153. The third kappa shape index (κ3) is 17.1. The van der Waals surface area contributed by atoms with Crippen molar-refractivity contribution in [3.8, 4) is 11.5 Å². The molecule has 0 aliphatic rings. The molecule has 2 unspecified atom stereocenters. The number of ketones is 2. The molecule has 0 N–H and O–H groups in total. The van der Waals surface area contributed by atoms with Gasteiger partial charge in [0.2, 0.25) is 0 Å². The SMILES string of the molecule is CCCCC(CC)Cn1c2ccc(/C(=N/OC(C)=O)c3ccc(OCC(F)(F)C(F)F)cc3)cc2c2cc(C(=O)c3c(C)cc(CCCCCC(CC)Cn4c5ccc(/C(=N/OC(C)=O)c6ccc(OCC(F)(F)F)cc6)cc5c5cc(C(=O)c6c(C)cc(C)cc6C)c6ccccc6c54)cc3C)c3ccccc3c21. The molecule has 0 saturated heterocycles. The summed E-state index contributed by atoms with van der Waals surface area (Å²) in [4.78, 5) is 66.0. The van der Waals surface area contributed by atoms with Gasteiger partial charge in [0, 0.05) is 115 Å². The highest BCUT2D eigenvalue weighted by Crippen LogP contribution is 2.43. The minimum atomic E-state index is -4.54. The van der Waals surface area contributed by atoms with Crippen LogP contribution in [0.15, 0.2) is 180 Å². The zero-order valence-corrected chi connectivity index (χ0v) is 63.5. The van der Waals surface area contributed by atoms with Gasteiger partial charge in [-0.1, -0.05) is 160 Å². The molecule has 10 aromatic carbocycles. The number of fused-ring (bicyclic) bond motifs is 10. The fourth-order valence-electron chi connectivity index (χ4n) is 15.7. The molecule has 0 saturated carbocycles. The van der Waals surface area contributed by atoms with E-state index in [1.807, 2.05) is 132 Å². The summed E-state index contributed by atoms with van der Waals surface area (Å²) in [6, 6.07) is 51.7. The molecule has 12 aromatic rings. The Hall–Kier alpha value is -11.0. The molecular weight excluding hydrogens is 1410 g/mol. The third-order valence-corrected chi connectivity index (χ3v) is 21.0. The van der Waals surface area contributed by atoms with E-state index in [1.54, 1.807) is 12.1 Å². The number of unbranched alkanes of at least 4 members (excludes halogenated alkanes) is 3. The van der Waals surface area contributed by atoms with E-state index in [-0.39, 0.29) is 40.4 Å². The number of hydrogen-bond acceptors (Lipinski definition) is 10. The van der Waals surface area contributed by atoms with E-state index >= 15 is 9.59 Å². The van der Waals surface area contributed by atoms with Crippen LogP contribution in [0.1, 0.15) is 180 Å². The van der Waals surface area contributed by atoms with Gasteiger partial charge in [-0.15, -0.1) is 0 Å². The molecule has 2 heterocycles. The molecule has 0 spiro atoms. The van der Waals surface area contributed by atoms with Crippen LogP contribution in [0.2, 0.25) is 0 Å². The molecule has 12 rings (SSSR count). The number of aryl methyl sites for hydroxylation is 6. The number of halogens is 7. The standard InChI is InChI=1S/C91H89F7N4O8/c1-11-14-22-60(12-2)49-101-79-39-33-65(83(99-109-58(9)103)63-29-35-67(36-30-63)107-51-90(94,95)89(92)93)45-73(79)76-48-78(70-26-19-21-28-72(70)85(76)101)88(106)82-56(7)43-62(44-57(82)8)24-17-15-16-23-61(13-3)50-102-80-40-34-66(84(100-110-59(10)104)64-31-37-68(38-32-64)108-52-91(96,97)98)46-74(80)75-47-77(69-25-18-20-27-71(69)86(75)102)87(105)81-54(5)41-53(4)42-55(81)6/h18-21,25-48,60-61,89H,11-17,22-24,49-52H2,1-10H3/b99-83+,100-84+. The molecule has 0 aliphatic heterocycles. The van der Waals surface area contributed by atoms with Crippen molar-refractivity contribution in [1.29, 1.82) is 0 Å². The second-order valence-electron chi connectivity index (χ2n) is 29.1. The van der Waals surface area contributed by atoms with E-state index in [1.165, 1.54) is 50.2 Å². The number of carbonyl (C=O) groups is 4. The summed E-state index contributed by atoms with van der Waals surface area (Å²) in [5.41, 5.74) is 14.2. The van der Waals surface area contributed by atoms with Crippen LogP contribution >= 0.6 is 0 Å². The average Bonchev–Trinajstić information content (AvgIpc) is 1.56. The highest BCUT2D eigenvalue weighted by atomic mass is 19.4. The van der Waals surface area contributed by atoms with Crippen LogP contribution in [0.4, 0.5) is 30.7 Å². The fourth-order valence-corrected chi connectivity index (χ4v) is 15.7. The van der Waals surface area contributed by atoms with Gasteiger partial charge in [-0.05, 0) is 196 Å². The van der Waals surface area contributed by atoms with Crippen molar-refractivity contribution in [2.75, 3.05) is 13.2 Å². The van der Waals surface area contributed by atoms with Gasteiger partial charge in [-0.3, -0.25) is 9.59 Å². The number of hydrogen-bond donors (Lipinski definition) is 0. The first-order valence-electron chi connectivity index (χ1n) is 37.6. The Morgan fingerprint density at radius 2 is 0.855 bits per heavy atom. The lowest BCUT2D eigenvalue weighted by Gasteiger charge is -2.19. The van der Waals surface area contributed by atoms with Crippen LogP contribution in [-0.4, -0.2) is 75.8 Å². The number of nitrogens with zero attached hydrogens (tertiary/aromatic N) is 4. The maximum absolute atomic E-state index is 15.6. The number of alkyl halides is 7. The topological polar surface area (TPSA) is 140 Å².